The fourth-order valence-corrected chi connectivity index (χ4v) is 3.25. The third-order valence-electron chi connectivity index (χ3n) is 3.68. The van der Waals surface area contributed by atoms with Crippen molar-refractivity contribution < 1.29 is 4.79 Å². The molecular formula is C19H18ClN3OS. The number of carbonyl (C=O) groups is 1. The van der Waals surface area contributed by atoms with Crippen LogP contribution in [-0.2, 0) is 0 Å². The SMILES string of the molecule is Cc1ccnn1-c1ccc(C(=O)NCCSc2ccc(Cl)cc2)cc1. The maximum Gasteiger partial charge on any atom is 0.251 e. The van der Waals surface area contributed by atoms with E-state index in [4.69, 9.17) is 11.6 Å². The summed E-state index contributed by atoms with van der Waals surface area (Å²) in [5.41, 5.74) is 2.64. The van der Waals surface area contributed by atoms with E-state index in [2.05, 4.69) is 10.4 Å². The Bertz CT molecular complexity index is 844. The van der Waals surface area contributed by atoms with Crippen LogP contribution in [0.1, 0.15) is 16.1 Å². The van der Waals surface area contributed by atoms with Crippen LogP contribution in [0.15, 0.2) is 65.7 Å². The summed E-state index contributed by atoms with van der Waals surface area (Å²) in [5.74, 6) is 0.734. The molecule has 0 aliphatic rings. The summed E-state index contributed by atoms with van der Waals surface area (Å²) in [6, 6.07) is 17.1. The van der Waals surface area contributed by atoms with Gasteiger partial charge >= 0.3 is 0 Å². The first kappa shape index (κ1) is 17.6. The fourth-order valence-electron chi connectivity index (χ4n) is 2.36. The van der Waals surface area contributed by atoms with E-state index < -0.39 is 0 Å². The van der Waals surface area contributed by atoms with Gasteiger partial charge in [-0.15, -0.1) is 11.8 Å². The Morgan fingerprint density at radius 2 is 1.84 bits per heavy atom. The van der Waals surface area contributed by atoms with Crippen molar-refractivity contribution in [1.29, 1.82) is 0 Å². The first-order valence-corrected chi connectivity index (χ1v) is 9.27. The van der Waals surface area contributed by atoms with Gasteiger partial charge in [-0.1, -0.05) is 11.6 Å². The highest BCUT2D eigenvalue weighted by atomic mass is 35.5. The molecule has 0 saturated carbocycles. The molecule has 0 radical (unpaired) electrons. The van der Waals surface area contributed by atoms with E-state index in [-0.39, 0.29) is 5.91 Å². The van der Waals surface area contributed by atoms with Gasteiger partial charge in [0.15, 0.2) is 0 Å². The van der Waals surface area contributed by atoms with Crippen LogP contribution in [0.25, 0.3) is 5.69 Å². The smallest absolute Gasteiger partial charge is 0.251 e. The molecule has 1 N–H and O–H groups in total. The van der Waals surface area contributed by atoms with Gasteiger partial charge < -0.3 is 5.32 Å². The van der Waals surface area contributed by atoms with Gasteiger partial charge in [0.1, 0.15) is 0 Å². The molecule has 1 aromatic heterocycles. The zero-order chi connectivity index (χ0) is 17.6. The summed E-state index contributed by atoms with van der Waals surface area (Å²) in [4.78, 5) is 13.3. The second-order valence-corrected chi connectivity index (χ2v) is 7.09. The van der Waals surface area contributed by atoms with E-state index in [1.807, 2.05) is 66.2 Å². The Labute approximate surface area is 156 Å². The Morgan fingerprint density at radius 1 is 1.12 bits per heavy atom. The van der Waals surface area contributed by atoms with Crippen molar-refractivity contribution in [3.8, 4) is 5.69 Å². The maximum atomic E-state index is 12.2. The molecule has 2 aromatic carbocycles. The Balaban J connectivity index is 1.50. The number of nitrogens with one attached hydrogen (secondary N) is 1. The summed E-state index contributed by atoms with van der Waals surface area (Å²) in [5, 5.41) is 7.93. The van der Waals surface area contributed by atoms with Gasteiger partial charge in [0.2, 0.25) is 0 Å². The lowest BCUT2D eigenvalue weighted by atomic mass is 10.2. The van der Waals surface area contributed by atoms with Crippen molar-refractivity contribution in [3.63, 3.8) is 0 Å². The number of benzene rings is 2. The highest BCUT2D eigenvalue weighted by molar-refractivity contribution is 7.99. The summed E-state index contributed by atoms with van der Waals surface area (Å²) >= 11 is 7.55. The highest BCUT2D eigenvalue weighted by Crippen LogP contribution is 2.19. The van der Waals surface area contributed by atoms with E-state index in [1.54, 1.807) is 18.0 Å². The molecule has 3 aromatic rings. The molecule has 0 aliphatic heterocycles. The molecule has 0 bridgehead atoms. The fraction of sp³-hybridized carbons (Fsp3) is 0.158. The van der Waals surface area contributed by atoms with Crippen molar-refractivity contribution in [3.05, 3.63) is 77.1 Å². The van der Waals surface area contributed by atoms with Gasteiger partial charge in [-0.05, 0) is 61.5 Å². The molecule has 128 valence electrons. The summed E-state index contributed by atoms with van der Waals surface area (Å²) in [7, 11) is 0. The Hall–Kier alpha value is -2.24. The molecule has 25 heavy (non-hydrogen) atoms. The number of hydrogen-bond donors (Lipinski definition) is 1. The average molecular weight is 372 g/mol. The van der Waals surface area contributed by atoms with Gasteiger partial charge in [-0.2, -0.15) is 5.10 Å². The van der Waals surface area contributed by atoms with Crippen LogP contribution in [0.5, 0.6) is 0 Å². The summed E-state index contributed by atoms with van der Waals surface area (Å²) < 4.78 is 1.84. The number of halogens is 1. The van der Waals surface area contributed by atoms with E-state index in [0.29, 0.717) is 12.1 Å². The lowest BCUT2D eigenvalue weighted by Crippen LogP contribution is -2.25. The van der Waals surface area contributed by atoms with Gasteiger partial charge in [-0.3, -0.25) is 4.79 Å². The normalized spacial score (nSPS) is 10.6. The third-order valence-corrected chi connectivity index (χ3v) is 4.94. The molecule has 0 atom stereocenters. The molecule has 0 saturated heterocycles. The lowest BCUT2D eigenvalue weighted by molar-refractivity contribution is 0.0956. The van der Waals surface area contributed by atoms with Crippen LogP contribution in [0.3, 0.4) is 0 Å². The summed E-state index contributed by atoms with van der Waals surface area (Å²) in [6.45, 7) is 2.60. The molecule has 0 fully saturated rings. The average Bonchev–Trinajstić information content (AvgIpc) is 3.06. The van der Waals surface area contributed by atoms with Crippen molar-refractivity contribution >= 4 is 29.3 Å². The quantitative estimate of drug-likeness (QED) is 0.517. The van der Waals surface area contributed by atoms with Crippen LogP contribution in [-0.4, -0.2) is 28.0 Å². The Morgan fingerprint density at radius 3 is 2.48 bits per heavy atom. The maximum absolute atomic E-state index is 12.2. The van der Waals surface area contributed by atoms with Crippen LogP contribution in [0.4, 0.5) is 0 Å². The zero-order valence-corrected chi connectivity index (χ0v) is 15.3. The van der Waals surface area contributed by atoms with Crippen LogP contribution in [0.2, 0.25) is 5.02 Å². The topological polar surface area (TPSA) is 46.9 Å². The minimum absolute atomic E-state index is 0.0690. The van der Waals surface area contributed by atoms with Crippen molar-refractivity contribution in [2.24, 2.45) is 0 Å². The molecule has 0 spiro atoms. The second-order valence-electron chi connectivity index (χ2n) is 5.49. The second kappa shape index (κ2) is 8.23. The van der Waals surface area contributed by atoms with Crippen molar-refractivity contribution in [1.82, 2.24) is 15.1 Å². The first-order chi connectivity index (χ1) is 12.1. The molecule has 0 unspecified atom stereocenters. The summed E-state index contributed by atoms with van der Waals surface area (Å²) in [6.07, 6.45) is 1.76. The predicted molar refractivity (Wildman–Crippen MR) is 103 cm³/mol. The monoisotopic (exact) mass is 371 g/mol. The number of amides is 1. The van der Waals surface area contributed by atoms with Crippen LogP contribution in [0, 0.1) is 6.92 Å². The largest absolute Gasteiger partial charge is 0.351 e. The number of aromatic nitrogens is 2. The van der Waals surface area contributed by atoms with Crippen LogP contribution >= 0.6 is 23.4 Å². The lowest BCUT2D eigenvalue weighted by Gasteiger charge is -2.07. The molecule has 3 rings (SSSR count). The molecule has 0 aliphatic carbocycles. The number of carbonyl (C=O) groups excluding carboxylic acids is 1. The Kier molecular flexibility index (Phi) is 5.79. The molecule has 6 heteroatoms. The van der Waals surface area contributed by atoms with E-state index in [1.165, 1.54) is 0 Å². The van der Waals surface area contributed by atoms with Crippen molar-refractivity contribution in [2.45, 2.75) is 11.8 Å². The minimum Gasteiger partial charge on any atom is -0.351 e. The van der Waals surface area contributed by atoms with Gasteiger partial charge in [-0.25, -0.2) is 4.68 Å². The van der Waals surface area contributed by atoms with E-state index >= 15 is 0 Å². The first-order valence-electron chi connectivity index (χ1n) is 7.91. The number of nitrogens with zero attached hydrogens (tertiary/aromatic N) is 2. The van der Waals surface area contributed by atoms with Gasteiger partial charge in [0, 0.05) is 39.7 Å². The highest BCUT2D eigenvalue weighted by Gasteiger charge is 2.06. The van der Waals surface area contributed by atoms with Gasteiger partial charge in [0.05, 0.1) is 5.69 Å². The van der Waals surface area contributed by atoms with Gasteiger partial charge in [0.25, 0.3) is 5.91 Å². The van der Waals surface area contributed by atoms with Crippen LogP contribution < -0.4 is 5.32 Å². The number of hydrogen-bond acceptors (Lipinski definition) is 3. The number of thioether (sulfide) groups is 1. The molecule has 1 heterocycles. The van der Waals surface area contributed by atoms with E-state index in [0.717, 1.165) is 27.1 Å². The number of rotatable bonds is 6. The minimum atomic E-state index is -0.0690. The number of aryl methyl sites for hydroxylation is 1. The van der Waals surface area contributed by atoms with Crippen molar-refractivity contribution in [2.75, 3.05) is 12.3 Å². The molecule has 1 amide bonds. The molecular weight excluding hydrogens is 354 g/mol. The van der Waals surface area contributed by atoms with E-state index in [9.17, 15) is 4.79 Å². The predicted octanol–water partition coefficient (Wildman–Crippen LogP) is 4.36. The third kappa shape index (κ3) is 4.65. The zero-order valence-electron chi connectivity index (χ0n) is 13.8. The standard InChI is InChI=1S/C19H18ClN3OS/c1-14-10-11-22-23(14)17-6-2-15(3-7-17)19(24)21-12-13-25-18-8-4-16(20)5-9-18/h2-11H,12-13H2,1H3,(H,21,24). The molecule has 4 nitrogen and oxygen atoms in total.